The number of hydrogen-bond acceptors (Lipinski definition) is 1. The van der Waals surface area contributed by atoms with Gasteiger partial charge in [0, 0.05) is 11.1 Å². The minimum atomic E-state index is 1.11. The number of hydrogen-bond donors (Lipinski definition) is 0. The Morgan fingerprint density at radius 3 is 2.65 bits per heavy atom. The van der Waals surface area contributed by atoms with Crippen LogP contribution in [-0.4, -0.2) is 4.98 Å². The summed E-state index contributed by atoms with van der Waals surface area (Å²) in [5, 5.41) is 1.27. The highest BCUT2D eigenvalue weighted by molar-refractivity contribution is 5.80. The van der Waals surface area contributed by atoms with Gasteiger partial charge in [-0.25, -0.2) is 0 Å². The third kappa shape index (κ3) is 2.85. The maximum Gasteiger partial charge on any atom is 0.0705 e. The monoisotopic (exact) mass is 227 g/mol. The lowest BCUT2D eigenvalue weighted by Gasteiger charge is -2.07. The fourth-order valence-electron chi connectivity index (χ4n) is 2.24. The molecule has 0 fully saturated rings. The number of unbranched alkanes of at least 4 members (excludes halogenated alkanes) is 2. The standard InChI is InChI=1S/C16H21N/c1-4-5-6-7-15-13(3)11-14-10-12(2)8-9-16(14)17-15/h8-11H,4-7H2,1-3H3. The summed E-state index contributed by atoms with van der Waals surface area (Å²) < 4.78 is 0. The predicted octanol–water partition coefficient (Wildman–Crippen LogP) is 4.58. The van der Waals surface area contributed by atoms with Gasteiger partial charge in [-0.05, 0) is 50.5 Å². The summed E-state index contributed by atoms with van der Waals surface area (Å²) in [6.07, 6.45) is 4.93. The molecule has 1 heteroatoms. The highest BCUT2D eigenvalue weighted by Gasteiger charge is 2.03. The summed E-state index contributed by atoms with van der Waals surface area (Å²) in [6.45, 7) is 6.55. The lowest BCUT2D eigenvalue weighted by Crippen LogP contribution is -1.95. The lowest BCUT2D eigenvalue weighted by molar-refractivity contribution is 0.706. The maximum atomic E-state index is 4.79. The molecule has 0 amide bonds. The number of fused-ring (bicyclic) bond motifs is 1. The van der Waals surface area contributed by atoms with Crippen molar-refractivity contribution in [2.24, 2.45) is 0 Å². The average Bonchev–Trinajstić information content (AvgIpc) is 2.30. The second-order valence-corrected chi connectivity index (χ2v) is 4.91. The van der Waals surface area contributed by atoms with Crippen LogP contribution in [0.25, 0.3) is 10.9 Å². The van der Waals surface area contributed by atoms with E-state index in [9.17, 15) is 0 Å². The van der Waals surface area contributed by atoms with Crippen LogP contribution in [0.15, 0.2) is 24.3 Å². The van der Waals surface area contributed by atoms with Gasteiger partial charge in [-0.2, -0.15) is 0 Å². The first-order chi connectivity index (χ1) is 8.20. The van der Waals surface area contributed by atoms with E-state index in [-0.39, 0.29) is 0 Å². The fraction of sp³-hybridized carbons (Fsp3) is 0.438. The zero-order valence-electron chi connectivity index (χ0n) is 11.1. The quantitative estimate of drug-likeness (QED) is 0.696. The molecule has 0 N–H and O–H groups in total. The topological polar surface area (TPSA) is 12.9 Å². The van der Waals surface area contributed by atoms with Crippen molar-refractivity contribution < 1.29 is 0 Å². The zero-order valence-corrected chi connectivity index (χ0v) is 11.1. The van der Waals surface area contributed by atoms with Gasteiger partial charge in [0.2, 0.25) is 0 Å². The predicted molar refractivity (Wildman–Crippen MR) is 74.4 cm³/mol. The zero-order chi connectivity index (χ0) is 12.3. The van der Waals surface area contributed by atoms with Gasteiger partial charge in [-0.1, -0.05) is 31.4 Å². The Hall–Kier alpha value is -1.37. The van der Waals surface area contributed by atoms with Crippen molar-refractivity contribution in [2.75, 3.05) is 0 Å². The fourth-order valence-corrected chi connectivity index (χ4v) is 2.24. The third-order valence-corrected chi connectivity index (χ3v) is 3.28. The number of nitrogens with zero attached hydrogens (tertiary/aromatic N) is 1. The van der Waals surface area contributed by atoms with Gasteiger partial charge in [0.15, 0.2) is 0 Å². The second-order valence-electron chi connectivity index (χ2n) is 4.91. The molecule has 1 aromatic carbocycles. The summed E-state index contributed by atoms with van der Waals surface area (Å²) in [6, 6.07) is 8.76. The molecule has 1 heterocycles. The van der Waals surface area contributed by atoms with Crippen molar-refractivity contribution in [3.63, 3.8) is 0 Å². The van der Waals surface area contributed by atoms with E-state index in [0.717, 1.165) is 11.9 Å². The molecule has 17 heavy (non-hydrogen) atoms. The SMILES string of the molecule is CCCCCc1nc2ccc(C)cc2cc1C. The molecule has 0 aliphatic carbocycles. The van der Waals surface area contributed by atoms with Crippen molar-refractivity contribution in [1.82, 2.24) is 4.98 Å². The van der Waals surface area contributed by atoms with Crippen LogP contribution in [0.5, 0.6) is 0 Å². The molecule has 1 nitrogen and oxygen atoms in total. The molecule has 0 atom stereocenters. The number of benzene rings is 1. The Kier molecular flexibility index (Phi) is 3.78. The third-order valence-electron chi connectivity index (χ3n) is 3.28. The van der Waals surface area contributed by atoms with Gasteiger partial charge in [-0.3, -0.25) is 4.98 Å². The van der Waals surface area contributed by atoms with E-state index < -0.39 is 0 Å². The van der Waals surface area contributed by atoms with Crippen molar-refractivity contribution >= 4 is 10.9 Å². The number of aromatic nitrogens is 1. The molecule has 1 aromatic heterocycles. The summed E-state index contributed by atoms with van der Waals surface area (Å²) >= 11 is 0. The molecule has 2 rings (SSSR count). The minimum Gasteiger partial charge on any atom is -0.253 e. The van der Waals surface area contributed by atoms with Crippen molar-refractivity contribution in [3.8, 4) is 0 Å². The van der Waals surface area contributed by atoms with E-state index in [0.29, 0.717) is 0 Å². The van der Waals surface area contributed by atoms with Crippen LogP contribution in [-0.2, 0) is 6.42 Å². The van der Waals surface area contributed by atoms with Crippen LogP contribution in [0.1, 0.15) is 43.0 Å². The first-order valence-corrected chi connectivity index (χ1v) is 6.57. The molecule has 0 saturated heterocycles. The van der Waals surface area contributed by atoms with E-state index >= 15 is 0 Å². The van der Waals surface area contributed by atoms with Gasteiger partial charge in [-0.15, -0.1) is 0 Å². The van der Waals surface area contributed by atoms with Gasteiger partial charge >= 0.3 is 0 Å². The van der Waals surface area contributed by atoms with E-state index in [1.165, 1.54) is 41.5 Å². The molecule has 0 unspecified atom stereocenters. The van der Waals surface area contributed by atoms with Gasteiger partial charge < -0.3 is 0 Å². The van der Waals surface area contributed by atoms with Crippen LogP contribution < -0.4 is 0 Å². The summed E-state index contributed by atoms with van der Waals surface area (Å²) in [7, 11) is 0. The Bertz CT molecular complexity index is 514. The maximum absolute atomic E-state index is 4.79. The highest BCUT2D eigenvalue weighted by Crippen LogP contribution is 2.19. The molecule has 2 aromatic rings. The first kappa shape index (κ1) is 12.1. The molecule has 0 aliphatic rings. The Morgan fingerprint density at radius 2 is 1.88 bits per heavy atom. The molecular formula is C16H21N. The Morgan fingerprint density at radius 1 is 1.06 bits per heavy atom. The summed E-state index contributed by atoms with van der Waals surface area (Å²) in [5.41, 5.74) is 5.04. The van der Waals surface area contributed by atoms with Crippen molar-refractivity contribution in [1.29, 1.82) is 0 Å². The molecule has 0 radical (unpaired) electrons. The first-order valence-electron chi connectivity index (χ1n) is 6.57. The van der Waals surface area contributed by atoms with E-state index in [1.54, 1.807) is 0 Å². The van der Waals surface area contributed by atoms with Crippen LogP contribution in [0, 0.1) is 13.8 Å². The van der Waals surface area contributed by atoms with Gasteiger partial charge in [0.25, 0.3) is 0 Å². The molecule has 0 saturated carbocycles. The summed E-state index contributed by atoms with van der Waals surface area (Å²) in [4.78, 5) is 4.79. The molecule has 0 bridgehead atoms. The smallest absolute Gasteiger partial charge is 0.0705 e. The van der Waals surface area contributed by atoms with Crippen LogP contribution in [0.4, 0.5) is 0 Å². The number of pyridine rings is 1. The van der Waals surface area contributed by atoms with Crippen molar-refractivity contribution in [2.45, 2.75) is 46.5 Å². The Labute approximate surface area is 104 Å². The highest BCUT2D eigenvalue weighted by atomic mass is 14.7. The van der Waals surface area contributed by atoms with Gasteiger partial charge in [0.05, 0.1) is 5.52 Å². The molecular weight excluding hydrogens is 206 g/mol. The summed E-state index contributed by atoms with van der Waals surface area (Å²) in [5.74, 6) is 0. The number of aryl methyl sites for hydroxylation is 3. The lowest BCUT2D eigenvalue weighted by atomic mass is 10.0. The normalized spacial score (nSPS) is 11.0. The van der Waals surface area contributed by atoms with E-state index in [4.69, 9.17) is 4.98 Å². The minimum absolute atomic E-state index is 1.11. The molecule has 90 valence electrons. The van der Waals surface area contributed by atoms with Crippen LogP contribution >= 0.6 is 0 Å². The molecule has 0 spiro atoms. The largest absolute Gasteiger partial charge is 0.253 e. The number of rotatable bonds is 4. The molecule has 0 aliphatic heterocycles. The van der Waals surface area contributed by atoms with Gasteiger partial charge in [0.1, 0.15) is 0 Å². The van der Waals surface area contributed by atoms with E-state index in [1.807, 2.05) is 0 Å². The average molecular weight is 227 g/mol. The second kappa shape index (κ2) is 5.31. The van der Waals surface area contributed by atoms with Crippen molar-refractivity contribution in [3.05, 3.63) is 41.1 Å². The van der Waals surface area contributed by atoms with E-state index in [2.05, 4.69) is 45.0 Å². The Balaban J connectivity index is 2.31. The van der Waals surface area contributed by atoms with Crippen LogP contribution in [0.2, 0.25) is 0 Å². The van der Waals surface area contributed by atoms with Crippen LogP contribution in [0.3, 0.4) is 0 Å².